The first-order valence-corrected chi connectivity index (χ1v) is 10.3. The molecular weight excluding hydrogens is 368 g/mol. The number of aromatic nitrogens is 2. The molecule has 0 atom stereocenters. The zero-order chi connectivity index (χ0) is 20.1. The average molecular weight is 396 g/mol. The van der Waals surface area contributed by atoms with Gasteiger partial charge in [-0.2, -0.15) is 0 Å². The predicted octanol–water partition coefficient (Wildman–Crippen LogP) is 2.35. The van der Waals surface area contributed by atoms with Gasteiger partial charge in [-0.15, -0.1) is 0 Å². The van der Waals surface area contributed by atoms with E-state index in [0.29, 0.717) is 26.1 Å². The van der Waals surface area contributed by atoms with Gasteiger partial charge in [-0.05, 0) is 62.1 Å². The summed E-state index contributed by atoms with van der Waals surface area (Å²) in [6.45, 7) is 5.89. The number of nitrogens with zero attached hydrogens (tertiary/aromatic N) is 3. The first-order chi connectivity index (χ1) is 14.2. The van der Waals surface area contributed by atoms with Gasteiger partial charge in [-0.25, -0.2) is 9.97 Å². The van der Waals surface area contributed by atoms with Crippen LogP contribution in [-0.2, 0) is 22.5 Å². The Hall–Kier alpha value is -2.67. The lowest BCUT2D eigenvalue weighted by Gasteiger charge is -2.40. The molecule has 4 rings (SSSR count). The van der Waals surface area contributed by atoms with Crippen LogP contribution < -0.4 is 15.0 Å². The van der Waals surface area contributed by atoms with Gasteiger partial charge in [0.2, 0.25) is 0 Å². The largest absolute Gasteiger partial charge is 0.492 e. The SMILES string of the molecule is CCOC(=O)C1(COc2ccc3c(c2)CNCC3)CCN(c2ccncn2)CC1. The molecule has 2 aromatic rings. The van der Waals surface area contributed by atoms with Crippen LogP contribution in [0.25, 0.3) is 0 Å². The molecule has 7 nitrogen and oxygen atoms in total. The Kier molecular flexibility index (Phi) is 5.94. The lowest BCUT2D eigenvalue weighted by molar-refractivity contribution is -0.159. The molecule has 0 amide bonds. The maximum Gasteiger partial charge on any atom is 0.315 e. The van der Waals surface area contributed by atoms with E-state index >= 15 is 0 Å². The van der Waals surface area contributed by atoms with Crippen LogP contribution in [0.15, 0.2) is 36.8 Å². The van der Waals surface area contributed by atoms with Crippen molar-refractivity contribution in [2.45, 2.75) is 32.7 Å². The van der Waals surface area contributed by atoms with Crippen molar-refractivity contribution in [2.75, 3.05) is 37.7 Å². The summed E-state index contributed by atoms with van der Waals surface area (Å²) in [4.78, 5) is 23.4. The van der Waals surface area contributed by atoms with E-state index in [2.05, 4.69) is 32.3 Å². The maximum atomic E-state index is 12.9. The van der Waals surface area contributed by atoms with E-state index in [1.54, 1.807) is 12.5 Å². The summed E-state index contributed by atoms with van der Waals surface area (Å²) in [5.41, 5.74) is 2.01. The number of nitrogens with one attached hydrogen (secondary N) is 1. The van der Waals surface area contributed by atoms with Crippen LogP contribution in [0.1, 0.15) is 30.9 Å². The average Bonchev–Trinajstić information content (AvgIpc) is 2.78. The molecule has 29 heavy (non-hydrogen) atoms. The molecule has 1 N–H and O–H groups in total. The topological polar surface area (TPSA) is 76.6 Å². The van der Waals surface area contributed by atoms with Crippen molar-refractivity contribution in [3.63, 3.8) is 0 Å². The van der Waals surface area contributed by atoms with E-state index in [9.17, 15) is 4.79 Å². The van der Waals surface area contributed by atoms with Crippen molar-refractivity contribution in [3.8, 4) is 5.75 Å². The van der Waals surface area contributed by atoms with Gasteiger partial charge in [0.1, 0.15) is 29.9 Å². The van der Waals surface area contributed by atoms with Crippen molar-refractivity contribution in [3.05, 3.63) is 47.9 Å². The fourth-order valence-electron chi connectivity index (χ4n) is 4.09. The number of hydrogen-bond donors (Lipinski definition) is 1. The van der Waals surface area contributed by atoms with E-state index in [0.717, 1.165) is 44.2 Å². The second-order valence-corrected chi connectivity index (χ2v) is 7.70. The van der Waals surface area contributed by atoms with Crippen molar-refractivity contribution < 1.29 is 14.3 Å². The highest BCUT2D eigenvalue weighted by Gasteiger charge is 2.44. The van der Waals surface area contributed by atoms with Gasteiger partial charge in [0.25, 0.3) is 0 Å². The highest BCUT2D eigenvalue weighted by atomic mass is 16.5. The highest BCUT2D eigenvalue weighted by Crippen LogP contribution is 2.35. The number of benzene rings is 1. The summed E-state index contributed by atoms with van der Waals surface area (Å²) in [7, 11) is 0. The number of esters is 1. The van der Waals surface area contributed by atoms with Crippen molar-refractivity contribution >= 4 is 11.8 Å². The maximum absolute atomic E-state index is 12.9. The molecule has 154 valence electrons. The number of rotatable bonds is 6. The van der Waals surface area contributed by atoms with E-state index < -0.39 is 5.41 Å². The van der Waals surface area contributed by atoms with Gasteiger partial charge in [0.15, 0.2) is 0 Å². The molecule has 0 saturated carbocycles. The molecule has 1 saturated heterocycles. The number of carbonyl (C=O) groups is 1. The second kappa shape index (κ2) is 8.78. The van der Waals surface area contributed by atoms with E-state index in [1.165, 1.54) is 11.1 Å². The number of hydrogen-bond acceptors (Lipinski definition) is 7. The summed E-state index contributed by atoms with van der Waals surface area (Å²) in [5, 5.41) is 3.39. The van der Waals surface area contributed by atoms with Crippen LogP contribution in [0.2, 0.25) is 0 Å². The van der Waals surface area contributed by atoms with E-state index in [-0.39, 0.29) is 5.97 Å². The van der Waals surface area contributed by atoms with Gasteiger partial charge in [-0.3, -0.25) is 4.79 Å². The zero-order valence-corrected chi connectivity index (χ0v) is 16.9. The number of carbonyl (C=O) groups excluding carboxylic acids is 1. The first kappa shape index (κ1) is 19.6. The first-order valence-electron chi connectivity index (χ1n) is 10.3. The Labute approximate surface area is 171 Å². The van der Waals surface area contributed by atoms with Gasteiger partial charge in [0, 0.05) is 25.8 Å². The van der Waals surface area contributed by atoms with Crippen LogP contribution in [0.5, 0.6) is 5.75 Å². The summed E-state index contributed by atoms with van der Waals surface area (Å²) in [5.74, 6) is 1.54. The Balaban J connectivity index is 1.45. The highest BCUT2D eigenvalue weighted by molar-refractivity contribution is 5.77. The summed E-state index contributed by atoms with van der Waals surface area (Å²) < 4.78 is 11.6. The lowest BCUT2D eigenvalue weighted by Crippen LogP contribution is -2.48. The molecular formula is C22H28N4O3. The third-order valence-electron chi connectivity index (χ3n) is 5.90. The molecule has 1 aromatic heterocycles. The van der Waals surface area contributed by atoms with Crippen LogP contribution in [0.4, 0.5) is 5.82 Å². The number of anilines is 1. The van der Waals surface area contributed by atoms with Crippen LogP contribution in [0.3, 0.4) is 0 Å². The van der Waals surface area contributed by atoms with Crippen molar-refractivity contribution in [1.82, 2.24) is 15.3 Å². The fraction of sp³-hybridized carbons (Fsp3) is 0.500. The summed E-state index contributed by atoms with van der Waals surface area (Å²) in [6, 6.07) is 8.14. The third kappa shape index (κ3) is 4.34. The normalized spacial score (nSPS) is 18.0. The standard InChI is InChI=1S/C22H28N4O3/c1-2-28-21(27)22(7-11-26(12-8-22)20-6-10-24-16-25-20)15-29-19-4-3-17-5-9-23-14-18(17)13-19/h3-4,6,10,13,16,23H,2,5,7-9,11-12,14-15H2,1H3. The van der Waals surface area contributed by atoms with Crippen LogP contribution in [0, 0.1) is 5.41 Å². The smallest absolute Gasteiger partial charge is 0.315 e. The van der Waals surface area contributed by atoms with Gasteiger partial charge < -0.3 is 19.7 Å². The lowest BCUT2D eigenvalue weighted by atomic mass is 9.79. The molecule has 0 radical (unpaired) electrons. The summed E-state index contributed by atoms with van der Waals surface area (Å²) >= 11 is 0. The van der Waals surface area contributed by atoms with Gasteiger partial charge in [-0.1, -0.05) is 6.07 Å². The molecule has 0 aliphatic carbocycles. The van der Waals surface area contributed by atoms with E-state index in [1.807, 2.05) is 19.1 Å². The van der Waals surface area contributed by atoms with Crippen molar-refractivity contribution in [1.29, 1.82) is 0 Å². The van der Waals surface area contributed by atoms with Crippen molar-refractivity contribution in [2.24, 2.45) is 5.41 Å². The molecule has 2 aliphatic rings. The Bertz CT molecular complexity index is 835. The second-order valence-electron chi connectivity index (χ2n) is 7.70. The zero-order valence-electron chi connectivity index (χ0n) is 16.9. The summed E-state index contributed by atoms with van der Waals surface area (Å²) in [6.07, 6.45) is 5.67. The van der Waals surface area contributed by atoms with Gasteiger partial charge >= 0.3 is 5.97 Å². The molecule has 3 heterocycles. The predicted molar refractivity (Wildman–Crippen MR) is 110 cm³/mol. The quantitative estimate of drug-likeness (QED) is 0.751. The Morgan fingerprint density at radius 3 is 2.86 bits per heavy atom. The fourth-order valence-corrected chi connectivity index (χ4v) is 4.09. The molecule has 7 heteroatoms. The minimum Gasteiger partial charge on any atom is -0.492 e. The van der Waals surface area contributed by atoms with E-state index in [4.69, 9.17) is 9.47 Å². The number of ether oxygens (including phenoxy) is 2. The van der Waals surface area contributed by atoms with Gasteiger partial charge in [0.05, 0.1) is 6.61 Å². The molecule has 0 bridgehead atoms. The van der Waals surface area contributed by atoms with Crippen LogP contribution >= 0.6 is 0 Å². The Morgan fingerprint density at radius 2 is 2.10 bits per heavy atom. The monoisotopic (exact) mass is 396 g/mol. The molecule has 0 unspecified atom stereocenters. The van der Waals surface area contributed by atoms with Crippen LogP contribution in [-0.4, -0.2) is 48.8 Å². The third-order valence-corrected chi connectivity index (χ3v) is 5.90. The number of piperidine rings is 1. The minimum absolute atomic E-state index is 0.165. The molecule has 0 spiro atoms. The number of fused-ring (bicyclic) bond motifs is 1. The molecule has 2 aliphatic heterocycles. The molecule has 1 aromatic carbocycles. The molecule has 1 fully saturated rings. The minimum atomic E-state index is -0.631. The Morgan fingerprint density at radius 1 is 1.24 bits per heavy atom.